The van der Waals surface area contributed by atoms with Gasteiger partial charge in [0.1, 0.15) is 0 Å². The second-order valence-corrected chi connectivity index (χ2v) is 3.89. The van der Waals surface area contributed by atoms with E-state index in [1.807, 2.05) is 0 Å². The quantitative estimate of drug-likeness (QED) is 0.652. The highest BCUT2D eigenvalue weighted by Gasteiger charge is 2.14. The molecule has 76 valence electrons. The summed E-state index contributed by atoms with van der Waals surface area (Å²) in [6.45, 7) is 11.7. The van der Waals surface area contributed by atoms with Gasteiger partial charge in [-0.05, 0) is 19.3 Å². The lowest BCUT2D eigenvalue weighted by Gasteiger charge is -2.21. The number of carbonyl (C=O) groups is 1. The molecule has 0 heterocycles. The molecule has 0 fully saturated rings. The molecule has 1 N–H and O–H groups in total. The van der Waals surface area contributed by atoms with Gasteiger partial charge in [-0.2, -0.15) is 0 Å². The van der Waals surface area contributed by atoms with Crippen LogP contribution in [-0.2, 0) is 4.79 Å². The second kappa shape index (κ2) is 5.79. The van der Waals surface area contributed by atoms with E-state index in [1.54, 1.807) is 6.92 Å². The minimum absolute atomic E-state index is 0.0212. The number of amides is 1. The number of carbonyl (C=O) groups excluding carboxylic acids is 1. The van der Waals surface area contributed by atoms with E-state index in [2.05, 4.69) is 32.7 Å². The number of rotatable bonds is 5. The summed E-state index contributed by atoms with van der Waals surface area (Å²) in [7, 11) is 0. The van der Waals surface area contributed by atoms with Crippen LogP contribution in [-0.4, -0.2) is 11.9 Å². The second-order valence-electron chi connectivity index (χ2n) is 3.89. The first-order valence-corrected chi connectivity index (χ1v) is 4.95. The highest BCUT2D eigenvalue weighted by Crippen LogP contribution is 2.08. The Labute approximate surface area is 81.4 Å². The third-order valence-electron chi connectivity index (χ3n) is 2.11. The van der Waals surface area contributed by atoms with Crippen molar-refractivity contribution in [1.29, 1.82) is 0 Å². The van der Waals surface area contributed by atoms with Gasteiger partial charge >= 0.3 is 0 Å². The van der Waals surface area contributed by atoms with Gasteiger partial charge in [-0.1, -0.05) is 33.8 Å². The molecule has 0 aliphatic rings. The monoisotopic (exact) mass is 183 g/mol. The molecule has 0 rings (SSSR count). The Hall–Kier alpha value is -0.790. The maximum Gasteiger partial charge on any atom is 0.246 e. The summed E-state index contributed by atoms with van der Waals surface area (Å²) in [6, 6.07) is 0.286. The molecule has 1 unspecified atom stereocenters. The van der Waals surface area contributed by atoms with E-state index >= 15 is 0 Å². The fraction of sp³-hybridized carbons (Fsp3) is 0.727. The Bertz CT molecular complexity index is 185. The smallest absolute Gasteiger partial charge is 0.246 e. The molecular formula is C11H21NO. The van der Waals surface area contributed by atoms with Gasteiger partial charge in [0.2, 0.25) is 5.91 Å². The molecule has 0 aromatic heterocycles. The van der Waals surface area contributed by atoms with Crippen molar-refractivity contribution in [3.63, 3.8) is 0 Å². The van der Waals surface area contributed by atoms with Crippen LogP contribution in [0.5, 0.6) is 0 Å². The van der Waals surface area contributed by atoms with Gasteiger partial charge in [0.15, 0.2) is 0 Å². The molecule has 1 atom stereocenters. The number of hydrogen-bond donors (Lipinski definition) is 1. The third-order valence-corrected chi connectivity index (χ3v) is 2.11. The van der Waals surface area contributed by atoms with Gasteiger partial charge in [-0.25, -0.2) is 0 Å². The van der Waals surface area contributed by atoms with E-state index in [0.29, 0.717) is 11.5 Å². The van der Waals surface area contributed by atoms with Crippen molar-refractivity contribution in [2.45, 2.75) is 46.6 Å². The zero-order chi connectivity index (χ0) is 10.4. The van der Waals surface area contributed by atoms with Gasteiger partial charge in [0, 0.05) is 11.6 Å². The summed E-state index contributed by atoms with van der Waals surface area (Å²) in [5.41, 5.74) is 0.585. The molecule has 0 spiro atoms. The highest BCUT2D eigenvalue weighted by molar-refractivity contribution is 5.92. The lowest BCUT2D eigenvalue weighted by atomic mass is 9.99. The normalized spacial score (nSPS) is 12.7. The lowest BCUT2D eigenvalue weighted by Crippen LogP contribution is -2.38. The Kier molecular flexibility index (Phi) is 5.44. The summed E-state index contributed by atoms with van der Waals surface area (Å²) in [6.07, 6.45) is 2.13. The number of hydrogen-bond acceptors (Lipinski definition) is 1. The van der Waals surface area contributed by atoms with Gasteiger partial charge in [-0.3, -0.25) is 4.79 Å². The predicted octanol–water partition coefficient (Wildman–Crippen LogP) is 2.50. The molecule has 0 radical (unpaired) electrons. The van der Waals surface area contributed by atoms with Crippen molar-refractivity contribution in [2.24, 2.45) is 5.92 Å². The van der Waals surface area contributed by atoms with Crippen LogP contribution >= 0.6 is 0 Å². The van der Waals surface area contributed by atoms with E-state index in [9.17, 15) is 4.79 Å². The number of nitrogens with one attached hydrogen (secondary N) is 1. The largest absolute Gasteiger partial charge is 0.349 e. The predicted molar refractivity (Wildman–Crippen MR) is 56.5 cm³/mol. The van der Waals surface area contributed by atoms with E-state index in [1.165, 1.54) is 0 Å². The van der Waals surface area contributed by atoms with Crippen LogP contribution in [0.1, 0.15) is 40.5 Å². The minimum atomic E-state index is -0.0212. The van der Waals surface area contributed by atoms with Crippen LogP contribution in [0, 0.1) is 5.92 Å². The molecular weight excluding hydrogens is 162 g/mol. The van der Waals surface area contributed by atoms with Crippen LogP contribution in [0.25, 0.3) is 0 Å². The van der Waals surface area contributed by atoms with E-state index < -0.39 is 0 Å². The first kappa shape index (κ1) is 12.2. The van der Waals surface area contributed by atoms with Crippen molar-refractivity contribution in [2.75, 3.05) is 0 Å². The van der Waals surface area contributed by atoms with Gasteiger partial charge in [-0.15, -0.1) is 0 Å². The molecule has 2 nitrogen and oxygen atoms in total. The Morgan fingerprint density at radius 2 is 2.00 bits per heavy atom. The average molecular weight is 183 g/mol. The summed E-state index contributed by atoms with van der Waals surface area (Å²) in [5.74, 6) is 0.468. The molecule has 13 heavy (non-hydrogen) atoms. The third kappa shape index (κ3) is 4.71. The van der Waals surface area contributed by atoms with Gasteiger partial charge in [0.25, 0.3) is 0 Å². The Balaban J connectivity index is 4.09. The molecule has 0 aliphatic carbocycles. The highest BCUT2D eigenvalue weighted by atomic mass is 16.1. The van der Waals surface area contributed by atoms with Crippen molar-refractivity contribution in [3.8, 4) is 0 Å². The molecule has 0 aromatic carbocycles. The Morgan fingerprint density at radius 1 is 1.46 bits per heavy atom. The van der Waals surface area contributed by atoms with Crippen LogP contribution in [0.2, 0.25) is 0 Å². The standard InChI is InChI=1S/C11H21NO/c1-6-7-10(8(2)3)12-11(13)9(4)5/h8,10H,4,6-7H2,1-3,5H3,(H,12,13). The summed E-state index contributed by atoms with van der Waals surface area (Å²) in [4.78, 5) is 11.3. The average Bonchev–Trinajstić information content (AvgIpc) is 2.03. The topological polar surface area (TPSA) is 29.1 Å². The first-order chi connectivity index (χ1) is 5.99. The maximum absolute atomic E-state index is 11.3. The summed E-state index contributed by atoms with van der Waals surface area (Å²) >= 11 is 0. The molecule has 0 saturated heterocycles. The van der Waals surface area contributed by atoms with Crippen LogP contribution in [0.3, 0.4) is 0 Å². The lowest BCUT2D eigenvalue weighted by molar-refractivity contribution is -0.118. The SMILES string of the molecule is C=C(C)C(=O)NC(CCC)C(C)C. The van der Waals surface area contributed by atoms with Crippen molar-refractivity contribution in [1.82, 2.24) is 5.32 Å². The fourth-order valence-corrected chi connectivity index (χ4v) is 1.17. The van der Waals surface area contributed by atoms with E-state index in [0.717, 1.165) is 12.8 Å². The van der Waals surface area contributed by atoms with Crippen molar-refractivity contribution >= 4 is 5.91 Å². The van der Waals surface area contributed by atoms with Gasteiger partial charge in [0.05, 0.1) is 0 Å². The van der Waals surface area contributed by atoms with Crippen LogP contribution in [0.4, 0.5) is 0 Å². The molecule has 2 heteroatoms. The van der Waals surface area contributed by atoms with Crippen molar-refractivity contribution < 1.29 is 4.79 Å². The minimum Gasteiger partial charge on any atom is -0.349 e. The molecule has 0 saturated carbocycles. The van der Waals surface area contributed by atoms with Gasteiger partial charge < -0.3 is 5.32 Å². The van der Waals surface area contributed by atoms with Crippen molar-refractivity contribution in [3.05, 3.63) is 12.2 Å². The zero-order valence-electron chi connectivity index (χ0n) is 9.18. The summed E-state index contributed by atoms with van der Waals surface area (Å²) < 4.78 is 0. The van der Waals surface area contributed by atoms with E-state index in [-0.39, 0.29) is 11.9 Å². The fourth-order valence-electron chi connectivity index (χ4n) is 1.17. The molecule has 0 bridgehead atoms. The maximum atomic E-state index is 11.3. The van der Waals surface area contributed by atoms with E-state index in [4.69, 9.17) is 0 Å². The van der Waals surface area contributed by atoms with Crippen LogP contribution < -0.4 is 5.32 Å². The zero-order valence-corrected chi connectivity index (χ0v) is 9.18. The molecule has 0 aromatic rings. The first-order valence-electron chi connectivity index (χ1n) is 4.95. The molecule has 1 amide bonds. The van der Waals surface area contributed by atoms with Crippen LogP contribution in [0.15, 0.2) is 12.2 Å². The summed E-state index contributed by atoms with van der Waals surface area (Å²) in [5, 5.41) is 2.98. The Morgan fingerprint density at radius 3 is 2.31 bits per heavy atom. The molecule has 0 aliphatic heterocycles.